The van der Waals surface area contributed by atoms with E-state index in [1.165, 1.54) is 4.90 Å². The zero-order valence-electron chi connectivity index (χ0n) is 44.4. The van der Waals surface area contributed by atoms with E-state index in [9.17, 15) is 47.9 Å². The van der Waals surface area contributed by atoms with E-state index in [4.69, 9.17) is 46.0 Å². The van der Waals surface area contributed by atoms with Gasteiger partial charge in [-0.1, -0.05) is 45.2 Å². The number of hydrogen-bond acceptors (Lipinski definition) is 15. The molecule has 0 bridgehead atoms. The Labute approximate surface area is 461 Å². The smallest absolute Gasteiger partial charge is 0.246 e. The van der Waals surface area contributed by atoms with Crippen molar-refractivity contribution < 1.29 is 52.7 Å². The molecule has 1 aromatic rings. The molecule has 430 valence electrons. The van der Waals surface area contributed by atoms with Gasteiger partial charge in [0.2, 0.25) is 59.1 Å². The van der Waals surface area contributed by atoms with Crippen LogP contribution in [0.25, 0.3) is 0 Å². The number of carbonyl (C=O) groups is 10. The molecule has 1 saturated carbocycles. The van der Waals surface area contributed by atoms with E-state index in [0.717, 1.165) is 32.1 Å². The van der Waals surface area contributed by atoms with E-state index in [1.807, 2.05) is 6.92 Å². The van der Waals surface area contributed by atoms with Crippen LogP contribution in [0.4, 0.5) is 0 Å². The molecule has 0 radical (unpaired) electrons. The molecule has 2 aliphatic rings. The average molecular weight is 1120 g/mol. The van der Waals surface area contributed by atoms with Crippen molar-refractivity contribution in [1.82, 2.24) is 42.1 Å². The third-order valence-corrected chi connectivity index (χ3v) is 14.1. The first kappa shape index (κ1) is 64.9. The quantitative estimate of drug-likeness (QED) is 0.0154. The van der Waals surface area contributed by atoms with Crippen molar-refractivity contribution in [2.45, 2.75) is 164 Å². The second kappa shape index (κ2) is 33.1. The molecule has 2 fully saturated rings. The van der Waals surface area contributed by atoms with Crippen molar-refractivity contribution in [2.24, 2.45) is 39.6 Å². The third-order valence-electron chi connectivity index (χ3n) is 13.1. The number of hydrogen-bond donors (Lipinski definition) is 14. The lowest BCUT2D eigenvalue weighted by Gasteiger charge is -2.32. The minimum Gasteiger partial charge on any atom is -0.494 e. The summed E-state index contributed by atoms with van der Waals surface area (Å²) in [4.78, 5) is 140. The van der Waals surface area contributed by atoms with Gasteiger partial charge in [0.1, 0.15) is 48.0 Å². The van der Waals surface area contributed by atoms with Gasteiger partial charge < -0.3 is 75.5 Å². The molecule has 0 aromatic heterocycles. The second-order valence-electron chi connectivity index (χ2n) is 19.8. The summed E-state index contributed by atoms with van der Waals surface area (Å²) in [6.07, 6.45) is 5.70. The number of amides is 10. The first-order valence-electron chi connectivity index (χ1n) is 26.3. The van der Waals surface area contributed by atoms with Crippen LogP contribution >= 0.6 is 25.3 Å². The number of primary amides is 2. The number of guanidine groups is 1. The zero-order valence-corrected chi connectivity index (χ0v) is 46.2. The summed E-state index contributed by atoms with van der Waals surface area (Å²) in [5, 5.41) is 18.4. The Bertz CT molecular complexity index is 2210. The molecule has 27 heteroatoms. The Kier molecular flexibility index (Phi) is 27.9. The SMILES string of the molecule is CCOc1ccc(C[C@@H](NC(=O)CC2(S)CCCCC2)C(=O)N[C@@H](CCCCN)C(=O)N[C@H](C(=O)N[C@@H](CC(N)=O)C(=O)N[C@@H](CS)C(=O)N2CCC[C@H]2C(=O)N[C@@H](CCCN=C(N)N)C(=O)NCC(N)=O)C(C)C)cc1. The number of aliphatic imine (C=N–C) groups is 1. The molecule has 10 amide bonds. The fourth-order valence-corrected chi connectivity index (χ4v) is 9.77. The van der Waals surface area contributed by atoms with Crippen LogP contribution in [0.2, 0.25) is 0 Å². The summed E-state index contributed by atoms with van der Waals surface area (Å²) >= 11 is 9.14. The number of nitrogens with one attached hydrogen (secondary N) is 7. The van der Waals surface area contributed by atoms with E-state index in [-0.39, 0.29) is 69.2 Å². The van der Waals surface area contributed by atoms with Crippen LogP contribution in [-0.2, 0) is 54.4 Å². The van der Waals surface area contributed by atoms with Crippen molar-refractivity contribution in [3.63, 3.8) is 0 Å². The molecule has 1 aliphatic carbocycles. The number of carbonyl (C=O) groups excluding carboxylic acids is 10. The summed E-state index contributed by atoms with van der Waals surface area (Å²) in [6.45, 7) is 5.57. The van der Waals surface area contributed by atoms with Crippen LogP contribution in [0.1, 0.15) is 116 Å². The fourth-order valence-electron chi connectivity index (χ4n) is 9.06. The monoisotopic (exact) mass is 1120 g/mol. The minimum absolute atomic E-state index is 0.0500. The van der Waals surface area contributed by atoms with Gasteiger partial charge in [-0.3, -0.25) is 52.9 Å². The van der Waals surface area contributed by atoms with Crippen LogP contribution in [0, 0.1) is 5.92 Å². The van der Waals surface area contributed by atoms with Gasteiger partial charge in [0.25, 0.3) is 0 Å². The van der Waals surface area contributed by atoms with Crippen LogP contribution in [-0.4, -0.2) is 156 Å². The standard InChI is InChI=1S/C50H82N14O11S2/c1-4-75-31-17-15-30(16-18-31)24-34(58-40(67)26-50(77)19-7-5-8-20-50)44(70)59-33(12-6-9-21-51)43(69)63-41(29(2)3)47(73)61-35(25-38(52)65)45(71)62-36(28-76)48(74)64-23-11-14-37(64)46(72)60-32(13-10-22-56-49(54)55)42(68)57-27-39(53)66/h15-18,29,32-37,41,76-77H,4-14,19-28,51H2,1-3H3,(H2,52,65)(H2,53,66)(H,57,68)(H,58,67)(H,59,70)(H,60,72)(H,61,73)(H,62,71)(H,63,69)(H4,54,55,56)/t32-,33-,34+,35-,36-,37-,41-/m0/s1. The van der Waals surface area contributed by atoms with E-state index >= 15 is 0 Å². The molecule has 3 rings (SSSR count). The van der Waals surface area contributed by atoms with Crippen LogP contribution < -0.4 is 70.6 Å². The van der Waals surface area contributed by atoms with Gasteiger partial charge in [-0.25, -0.2) is 0 Å². The maximum absolute atomic E-state index is 14.3. The van der Waals surface area contributed by atoms with Gasteiger partial charge in [0, 0.05) is 36.4 Å². The van der Waals surface area contributed by atoms with E-state index in [0.29, 0.717) is 43.7 Å². The molecule has 1 aliphatic heterocycles. The number of benzene rings is 1. The number of nitrogens with two attached hydrogens (primary N) is 5. The summed E-state index contributed by atoms with van der Waals surface area (Å²) in [7, 11) is 0. The van der Waals surface area contributed by atoms with Crippen molar-refractivity contribution in [3.8, 4) is 5.75 Å². The highest BCUT2D eigenvalue weighted by Crippen LogP contribution is 2.36. The van der Waals surface area contributed by atoms with Crippen LogP contribution in [0.15, 0.2) is 29.3 Å². The molecule has 7 atom stereocenters. The maximum atomic E-state index is 14.3. The van der Waals surface area contributed by atoms with Crippen molar-refractivity contribution in [2.75, 3.05) is 38.5 Å². The lowest BCUT2D eigenvalue weighted by Crippen LogP contribution is -2.61. The Morgan fingerprint density at radius 2 is 1.34 bits per heavy atom. The molecule has 1 saturated heterocycles. The first-order valence-corrected chi connectivity index (χ1v) is 27.4. The molecule has 0 spiro atoms. The van der Waals surface area contributed by atoms with Gasteiger partial charge in [-0.05, 0) is 94.9 Å². The van der Waals surface area contributed by atoms with Crippen molar-refractivity contribution in [1.29, 1.82) is 0 Å². The van der Waals surface area contributed by atoms with Crippen LogP contribution in [0.5, 0.6) is 5.75 Å². The number of likely N-dealkylation sites (tertiary alicyclic amines) is 1. The van der Waals surface area contributed by atoms with E-state index < -0.39 is 119 Å². The van der Waals surface area contributed by atoms with Gasteiger partial charge in [-0.15, -0.1) is 0 Å². The highest BCUT2D eigenvalue weighted by molar-refractivity contribution is 7.81. The topological polar surface area (TPSA) is 410 Å². The predicted octanol–water partition coefficient (Wildman–Crippen LogP) is -2.20. The highest BCUT2D eigenvalue weighted by atomic mass is 32.1. The molecule has 1 heterocycles. The Morgan fingerprint density at radius 3 is 1.94 bits per heavy atom. The molecule has 77 heavy (non-hydrogen) atoms. The van der Waals surface area contributed by atoms with E-state index in [1.54, 1.807) is 38.1 Å². The number of nitrogens with zero attached hydrogens (tertiary/aromatic N) is 2. The maximum Gasteiger partial charge on any atom is 0.246 e. The highest BCUT2D eigenvalue weighted by Gasteiger charge is 2.40. The normalized spacial score (nSPS) is 17.2. The summed E-state index contributed by atoms with van der Waals surface area (Å²) in [5.41, 5.74) is 28.0. The Balaban J connectivity index is 1.80. The molecule has 25 nitrogen and oxygen atoms in total. The zero-order chi connectivity index (χ0) is 57.2. The third kappa shape index (κ3) is 22.6. The van der Waals surface area contributed by atoms with Gasteiger partial charge in [-0.2, -0.15) is 25.3 Å². The number of unbranched alkanes of at least 4 members (excludes halogenated alkanes) is 1. The molecular formula is C50H82N14O11S2. The number of rotatable bonds is 33. The van der Waals surface area contributed by atoms with Gasteiger partial charge in [0.15, 0.2) is 5.96 Å². The summed E-state index contributed by atoms with van der Waals surface area (Å²) in [6, 6.07) is -1.94. The van der Waals surface area contributed by atoms with Gasteiger partial charge in [0.05, 0.1) is 19.6 Å². The lowest BCUT2D eigenvalue weighted by atomic mass is 9.85. The minimum atomic E-state index is -1.67. The van der Waals surface area contributed by atoms with Crippen molar-refractivity contribution in [3.05, 3.63) is 29.8 Å². The Morgan fingerprint density at radius 1 is 0.727 bits per heavy atom. The molecular weight excluding hydrogens is 1040 g/mol. The number of thiol groups is 2. The fraction of sp³-hybridized carbons (Fsp3) is 0.660. The Hall–Kier alpha value is -6.35. The summed E-state index contributed by atoms with van der Waals surface area (Å²) < 4.78 is 5.05. The lowest BCUT2D eigenvalue weighted by molar-refractivity contribution is -0.142. The largest absolute Gasteiger partial charge is 0.494 e. The second-order valence-corrected chi connectivity index (χ2v) is 21.1. The summed E-state index contributed by atoms with van der Waals surface area (Å²) in [5.74, 6) is -8.12. The predicted molar refractivity (Wildman–Crippen MR) is 295 cm³/mol. The van der Waals surface area contributed by atoms with E-state index in [2.05, 4.69) is 54.8 Å². The number of ether oxygens (including phenoxy) is 1. The van der Waals surface area contributed by atoms with Crippen LogP contribution in [0.3, 0.4) is 0 Å². The molecule has 1 aromatic carbocycles. The van der Waals surface area contributed by atoms with Crippen molar-refractivity contribution >= 4 is 90.3 Å². The first-order chi connectivity index (χ1) is 36.5. The van der Waals surface area contributed by atoms with Gasteiger partial charge >= 0.3 is 0 Å². The molecule has 17 N–H and O–H groups in total. The average Bonchev–Trinajstić information content (AvgIpc) is 3.87. The molecule has 0 unspecified atom stereocenters.